The molecule has 10 N–H and O–H groups in total. The molecular formula is C98H120Cl4I4N12O18. The van der Waals surface area contributed by atoms with Crippen molar-refractivity contribution in [1.29, 1.82) is 0 Å². The molecule has 4 heterocycles. The van der Waals surface area contributed by atoms with Gasteiger partial charge < -0.3 is 89.0 Å². The van der Waals surface area contributed by atoms with Crippen LogP contribution in [0.15, 0.2) is 194 Å². The second kappa shape index (κ2) is 55.0. The molecule has 0 aliphatic heterocycles. The lowest BCUT2D eigenvalue weighted by molar-refractivity contribution is 0.0880. The van der Waals surface area contributed by atoms with Crippen molar-refractivity contribution in [3.8, 4) is 46.0 Å². The molecule has 8 atom stereocenters. The van der Waals surface area contributed by atoms with E-state index in [-0.39, 0.29) is 126 Å². The molecule has 0 aliphatic rings. The Bertz CT molecular complexity index is 4850. The summed E-state index contributed by atoms with van der Waals surface area (Å²) in [6, 6.07) is 63.4. The quantitative estimate of drug-likeness (QED) is 0.0125. The summed E-state index contributed by atoms with van der Waals surface area (Å²) in [5, 5.41) is 128. The average Bonchev–Trinajstić information content (AvgIpc) is 1.05. The highest BCUT2D eigenvalue weighted by molar-refractivity contribution is 14.1. The van der Waals surface area contributed by atoms with Crippen LogP contribution in [0, 0.1) is 26.6 Å². The van der Waals surface area contributed by atoms with Gasteiger partial charge in [0.15, 0.2) is 0 Å². The minimum atomic E-state index is -0.774. The monoisotopic (exact) mass is 2380 g/mol. The first-order valence-electron chi connectivity index (χ1n) is 43.9. The molecule has 30 nitrogen and oxygen atoms in total. The third-order valence-corrected chi connectivity index (χ3v) is 28.8. The first-order valence-corrected chi connectivity index (χ1v) is 50.4. The van der Waals surface area contributed by atoms with Crippen molar-refractivity contribution < 1.29 is 89.0 Å². The van der Waals surface area contributed by atoms with Gasteiger partial charge in [0.1, 0.15) is 160 Å². The Morgan fingerprint density at radius 1 is 0.250 bits per heavy atom. The third-order valence-electron chi connectivity index (χ3n) is 22.3. The SMILES string of the molecule is CC(C)(c1ccc(OC[C@@H](O)CCl)cc1)c1ccc(OC[C@H](O)Cn2nnc(CO)c2[123I])cc1.CC(C)(c1ccc(OC[C@H](O)CCl)cc1)c1ccc(OC[C@H](O)Cn2nnc(CO)c2[123I])cc1.CC(CCl)COc1ccc(C(C)(C)c2ccc(OCC(O)Cn3nnc(CO)c3[123I])cc2)cc1.C[C@@H](CCl)COc1ccc(C(C)(C)c2ccc(OC[C@@H](O)Cn3nnc(CO)c3[123I])cc2)cc1. The highest BCUT2D eigenvalue weighted by Crippen LogP contribution is 2.39. The fourth-order valence-corrected chi connectivity index (χ4v) is 16.1. The predicted octanol–water partition coefficient (Wildman–Crippen LogP) is 15.0. The van der Waals surface area contributed by atoms with E-state index in [0.29, 0.717) is 109 Å². The fraction of sp³-hybridized carbons (Fsp3) is 0.429. The lowest BCUT2D eigenvalue weighted by atomic mass is 9.78. The van der Waals surface area contributed by atoms with E-state index in [2.05, 4.69) is 135 Å². The Hall–Kier alpha value is -7.60. The Labute approximate surface area is 868 Å². The normalized spacial score (nSPS) is 13.5. The van der Waals surface area contributed by atoms with E-state index in [1.54, 1.807) is 18.7 Å². The predicted molar refractivity (Wildman–Crippen MR) is 556 cm³/mol. The molecule has 136 heavy (non-hydrogen) atoms. The number of halogens is 8. The van der Waals surface area contributed by atoms with Crippen LogP contribution in [0.25, 0.3) is 0 Å². The van der Waals surface area contributed by atoms with Crippen LogP contribution in [0.4, 0.5) is 0 Å². The molecule has 736 valence electrons. The van der Waals surface area contributed by atoms with Crippen LogP contribution in [0.3, 0.4) is 0 Å². The van der Waals surface area contributed by atoms with Gasteiger partial charge in [0.25, 0.3) is 0 Å². The molecule has 0 fully saturated rings. The van der Waals surface area contributed by atoms with Gasteiger partial charge in [-0.1, -0.05) is 187 Å². The van der Waals surface area contributed by atoms with E-state index in [1.165, 1.54) is 11.1 Å². The van der Waals surface area contributed by atoms with Gasteiger partial charge in [-0.15, -0.1) is 66.8 Å². The summed E-state index contributed by atoms with van der Waals surface area (Å²) in [5.41, 5.74) is 10.2. The van der Waals surface area contributed by atoms with Crippen LogP contribution in [-0.2, 0) is 74.3 Å². The van der Waals surface area contributed by atoms with Crippen molar-refractivity contribution in [2.24, 2.45) is 11.8 Å². The van der Waals surface area contributed by atoms with E-state index in [4.69, 9.17) is 84.3 Å². The lowest BCUT2D eigenvalue weighted by Gasteiger charge is -2.26. The molecule has 0 spiro atoms. The highest BCUT2D eigenvalue weighted by atomic mass is 123. The number of nitrogens with zero attached hydrogens (tertiary/aromatic N) is 12. The molecule has 2 unspecified atom stereocenters. The zero-order chi connectivity index (χ0) is 98.9. The number of aromatic nitrogens is 12. The topological polar surface area (TPSA) is 399 Å². The number of aliphatic hydroxyl groups excluding tert-OH is 10. The van der Waals surface area contributed by atoms with Crippen molar-refractivity contribution in [2.75, 3.05) is 76.4 Å². The van der Waals surface area contributed by atoms with Crippen molar-refractivity contribution in [1.82, 2.24) is 60.0 Å². The second-order valence-electron chi connectivity index (χ2n) is 34.6. The zero-order valence-electron chi connectivity index (χ0n) is 77.4. The van der Waals surface area contributed by atoms with Gasteiger partial charge in [-0.2, -0.15) is 0 Å². The Kier molecular flexibility index (Phi) is 45.3. The van der Waals surface area contributed by atoms with E-state index < -0.39 is 36.6 Å². The van der Waals surface area contributed by atoms with Crippen LogP contribution >= 0.6 is 137 Å². The minimum Gasteiger partial charge on any atom is -0.493 e. The zero-order valence-corrected chi connectivity index (χ0v) is 89.0. The molecule has 0 aliphatic carbocycles. The number of benzene rings is 8. The summed E-state index contributed by atoms with van der Waals surface area (Å²) >= 11 is 31.1. The van der Waals surface area contributed by atoms with Crippen molar-refractivity contribution in [3.63, 3.8) is 0 Å². The van der Waals surface area contributed by atoms with E-state index in [0.717, 1.165) is 44.9 Å². The van der Waals surface area contributed by atoms with E-state index in [9.17, 15) is 51.1 Å². The van der Waals surface area contributed by atoms with Gasteiger partial charge in [-0.05, 0) is 232 Å². The average molecular weight is 2390 g/mol. The van der Waals surface area contributed by atoms with Gasteiger partial charge in [0, 0.05) is 45.3 Å². The summed E-state index contributed by atoms with van der Waals surface area (Å²) in [6.45, 7) is 23.5. The number of hydrogen-bond acceptors (Lipinski definition) is 26. The molecule has 0 saturated carbocycles. The summed E-state index contributed by atoms with van der Waals surface area (Å²) in [4.78, 5) is 0. The standard InChI is InChI=1S/2C25H31ClIN3O4.2C24H29ClIN3O5/c2*1-17(12-26)15-33-21-8-4-18(5-9-21)25(2,3)19-6-10-22(11-7-19)34-16-20(32)13-30-24(27)23(14-31)28-29-30;2*1-24(2,16-3-7-20(8-4-16)33-14-18(31)11-25)17-5-9-21(10-6-17)34-15-19(32)12-29-23(26)22(13-30)27-28-29/h2*4-11,17,20,31-32H,12-16H2,1-3H3;2*3-10,18-19,30-32H,11-15H2,1-2H3/t17-,20-;;18-,19+;18-,19-/m0.01/s1/i2*27-4;2*26-4. The first kappa shape index (κ1) is 112. The van der Waals surface area contributed by atoms with E-state index >= 15 is 0 Å². The third kappa shape index (κ3) is 33.3. The van der Waals surface area contributed by atoms with Crippen LogP contribution in [0.1, 0.15) is 137 Å². The van der Waals surface area contributed by atoms with Crippen molar-refractivity contribution >= 4 is 137 Å². The molecular weight excluding hydrogens is 2270 g/mol. The molecule has 4 aromatic heterocycles. The summed E-state index contributed by atoms with van der Waals surface area (Å²) < 4.78 is 54.7. The maximum Gasteiger partial charge on any atom is 0.125 e. The fourth-order valence-electron chi connectivity index (χ4n) is 13.4. The van der Waals surface area contributed by atoms with Crippen LogP contribution in [-0.4, -0.2) is 224 Å². The highest BCUT2D eigenvalue weighted by Gasteiger charge is 2.30. The van der Waals surface area contributed by atoms with E-state index in [1.807, 2.05) is 260 Å². The smallest absolute Gasteiger partial charge is 0.125 e. The Balaban J connectivity index is 0.000000203. The molecule has 38 heteroatoms. The Morgan fingerprint density at radius 2 is 0.397 bits per heavy atom. The van der Waals surface area contributed by atoms with Gasteiger partial charge in [0.2, 0.25) is 0 Å². The van der Waals surface area contributed by atoms with Gasteiger partial charge in [0.05, 0.1) is 77.6 Å². The Morgan fingerprint density at radius 3 is 0.529 bits per heavy atom. The molecule has 8 aromatic carbocycles. The minimum absolute atomic E-state index is 0.104. The number of rotatable bonds is 48. The van der Waals surface area contributed by atoms with Crippen LogP contribution in [0.5, 0.6) is 46.0 Å². The maximum absolute atomic E-state index is 10.3. The summed E-state index contributed by atoms with van der Waals surface area (Å²) in [7, 11) is 0. The lowest BCUT2D eigenvalue weighted by Crippen LogP contribution is -2.25. The number of alkyl halides is 4. The molecule has 0 saturated heterocycles. The molecule has 0 amide bonds. The number of ether oxygens (including phenoxy) is 8. The van der Waals surface area contributed by atoms with Crippen LogP contribution in [0.2, 0.25) is 0 Å². The van der Waals surface area contributed by atoms with Crippen molar-refractivity contribution in [2.45, 2.75) is 180 Å². The first-order chi connectivity index (χ1) is 65.0. The van der Waals surface area contributed by atoms with Crippen molar-refractivity contribution in [3.05, 3.63) is 276 Å². The molecule has 12 rings (SSSR count). The van der Waals surface area contributed by atoms with Crippen LogP contribution < -0.4 is 37.9 Å². The largest absolute Gasteiger partial charge is 0.493 e. The number of aliphatic hydroxyl groups is 10. The maximum atomic E-state index is 10.3. The summed E-state index contributed by atoms with van der Waals surface area (Å²) in [5.74, 6) is 7.77. The number of hydrogen-bond donors (Lipinski definition) is 10. The van der Waals surface area contributed by atoms with Gasteiger partial charge in [-0.25, -0.2) is 18.7 Å². The molecule has 0 bridgehead atoms. The molecule has 0 radical (unpaired) electrons. The molecule has 12 aromatic rings. The van der Waals surface area contributed by atoms with Gasteiger partial charge in [-0.3, -0.25) is 0 Å². The van der Waals surface area contributed by atoms with Gasteiger partial charge >= 0.3 is 0 Å². The summed E-state index contributed by atoms with van der Waals surface area (Å²) in [6.07, 6.45) is -4.44. The second-order valence-corrected chi connectivity index (χ2v) is 39.9.